The second-order valence-electron chi connectivity index (χ2n) is 6.73. The maximum Gasteiger partial charge on any atom is 0.269 e. The Hall–Kier alpha value is -2.88. The Kier molecular flexibility index (Phi) is 7.09. The van der Waals surface area contributed by atoms with E-state index < -0.39 is 6.10 Å². The number of pyridine rings is 1. The minimum absolute atomic E-state index is 0.157. The molecular weight excluding hydrogens is 408 g/mol. The summed E-state index contributed by atoms with van der Waals surface area (Å²) < 4.78 is 6.19. The van der Waals surface area contributed by atoms with Crippen molar-refractivity contribution >= 4 is 23.4 Å². The van der Waals surface area contributed by atoms with E-state index in [1.165, 1.54) is 19.5 Å². The van der Waals surface area contributed by atoms with Crippen molar-refractivity contribution in [3.8, 4) is 11.4 Å². The third-order valence-corrected chi connectivity index (χ3v) is 4.86. The first-order valence-electron chi connectivity index (χ1n) is 9.38. The smallest absolute Gasteiger partial charge is 0.269 e. The van der Waals surface area contributed by atoms with E-state index in [4.69, 9.17) is 16.3 Å². The average Bonchev–Trinajstić information content (AvgIpc) is 2.77. The van der Waals surface area contributed by atoms with Gasteiger partial charge in [-0.25, -0.2) is 15.0 Å². The number of hydrogen-bond donors (Lipinski definition) is 2. The van der Waals surface area contributed by atoms with Gasteiger partial charge in [0.25, 0.3) is 5.91 Å². The van der Waals surface area contributed by atoms with Gasteiger partial charge in [-0.2, -0.15) is 0 Å². The molecule has 9 nitrogen and oxygen atoms in total. The van der Waals surface area contributed by atoms with Gasteiger partial charge in [-0.05, 0) is 36.9 Å². The molecule has 0 bridgehead atoms. The minimum atomic E-state index is -0.402. The van der Waals surface area contributed by atoms with Crippen molar-refractivity contribution in [1.82, 2.24) is 30.5 Å². The van der Waals surface area contributed by atoms with Gasteiger partial charge < -0.3 is 20.3 Å². The highest BCUT2D eigenvalue weighted by Gasteiger charge is 2.31. The molecule has 0 aliphatic carbocycles. The molecule has 2 amide bonds. The zero-order valence-corrected chi connectivity index (χ0v) is 17.5. The molecule has 2 aromatic rings. The van der Waals surface area contributed by atoms with Crippen molar-refractivity contribution in [3.05, 3.63) is 53.6 Å². The molecule has 1 aliphatic heterocycles. The molecule has 3 heterocycles. The van der Waals surface area contributed by atoms with Gasteiger partial charge in [0.05, 0.1) is 24.0 Å². The van der Waals surface area contributed by atoms with Gasteiger partial charge in [0.2, 0.25) is 5.91 Å². The second kappa shape index (κ2) is 9.75. The minimum Gasteiger partial charge on any atom is -0.365 e. The fourth-order valence-corrected chi connectivity index (χ4v) is 3.47. The molecule has 1 aliphatic rings. The van der Waals surface area contributed by atoms with Crippen molar-refractivity contribution < 1.29 is 14.3 Å². The molecular formula is C20H23ClN6O3. The molecule has 10 heteroatoms. The number of hydrogen-bond acceptors (Lipinski definition) is 7. The number of morpholine rings is 1. The number of amides is 2. The predicted octanol–water partition coefficient (Wildman–Crippen LogP) is 1.23. The summed E-state index contributed by atoms with van der Waals surface area (Å²) in [5.74, 6) is -0.485. The van der Waals surface area contributed by atoms with Crippen molar-refractivity contribution in [1.29, 1.82) is 0 Å². The highest BCUT2D eigenvalue weighted by molar-refractivity contribution is 6.29. The maximum atomic E-state index is 12.2. The number of carbonyl (C=O) groups is 2. The van der Waals surface area contributed by atoms with Crippen LogP contribution >= 0.6 is 11.6 Å². The van der Waals surface area contributed by atoms with E-state index in [1.54, 1.807) is 23.1 Å². The number of ether oxygens (including phenoxy) is 1. The summed E-state index contributed by atoms with van der Waals surface area (Å²) in [4.78, 5) is 38.3. The molecule has 2 atom stereocenters. The standard InChI is InChI=1S/C20H23ClN6O3/c1-4-19(28)27-9-13(8-22-2)30-17(10-27)12-5-15(26-18(21)6-12)14-7-16(20(29)23-3)25-11-24-14/h4-7,11,13,17,22H,1,8-10H2,2-3H3,(H,23,29)/t13-,17?/m1/s1. The molecule has 30 heavy (non-hydrogen) atoms. The Balaban J connectivity index is 1.95. The van der Waals surface area contributed by atoms with E-state index in [1.807, 2.05) is 7.05 Å². The van der Waals surface area contributed by atoms with Crippen molar-refractivity contribution in [2.45, 2.75) is 12.2 Å². The van der Waals surface area contributed by atoms with Crippen LogP contribution in [0.25, 0.3) is 11.4 Å². The van der Waals surface area contributed by atoms with Crippen LogP contribution in [0.5, 0.6) is 0 Å². The molecule has 1 fully saturated rings. The fourth-order valence-electron chi connectivity index (χ4n) is 3.26. The van der Waals surface area contributed by atoms with Crippen LogP contribution in [0.1, 0.15) is 22.2 Å². The van der Waals surface area contributed by atoms with Crippen LogP contribution in [0, 0.1) is 0 Å². The zero-order valence-electron chi connectivity index (χ0n) is 16.8. The molecule has 0 spiro atoms. The number of aromatic nitrogens is 3. The van der Waals surface area contributed by atoms with Crippen LogP contribution in [-0.4, -0.2) is 71.5 Å². The predicted molar refractivity (Wildman–Crippen MR) is 112 cm³/mol. The molecule has 1 unspecified atom stereocenters. The van der Waals surface area contributed by atoms with Gasteiger partial charge in [-0.15, -0.1) is 0 Å². The first-order valence-corrected chi connectivity index (χ1v) is 9.76. The third-order valence-electron chi connectivity index (χ3n) is 4.66. The SMILES string of the molecule is C=CC(=O)N1CC(c2cc(Cl)nc(-c3cc(C(=O)NC)ncn3)c2)O[C@H](CNC)C1. The number of halogens is 1. The van der Waals surface area contributed by atoms with Crippen molar-refractivity contribution in [2.75, 3.05) is 33.7 Å². The normalized spacial score (nSPS) is 18.7. The van der Waals surface area contributed by atoms with Crippen LogP contribution in [-0.2, 0) is 9.53 Å². The van der Waals surface area contributed by atoms with E-state index in [9.17, 15) is 9.59 Å². The summed E-state index contributed by atoms with van der Waals surface area (Å²) >= 11 is 6.27. The largest absolute Gasteiger partial charge is 0.365 e. The molecule has 0 aromatic carbocycles. The number of likely N-dealkylation sites (N-methyl/N-ethyl adjacent to an activating group) is 1. The molecule has 0 radical (unpaired) electrons. The Morgan fingerprint density at radius 3 is 2.77 bits per heavy atom. The third kappa shape index (κ3) is 4.99. The van der Waals surface area contributed by atoms with Crippen LogP contribution < -0.4 is 10.6 Å². The Morgan fingerprint density at radius 1 is 1.27 bits per heavy atom. The summed E-state index contributed by atoms with van der Waals surface area (Å²) in [7, 11) is 3.35. The molecule has 3 rings (SSSR count). The van der Waals surface area contributed by atoms with Crippen LogP contribution in [0.4, 0.5) is 0 Å². The van der Waals surface area contributed by atoms with Crippen LogP contribution in [0.2, 0.25) is 5.15 Å². The van der Waals surface area contributed by atoms with Gasteiger partial charge in [-0.1, -0.05) is 18.2 Å². The lowest BCUT2D eigenvalue weighted by Gasteiger charge is -2.38. The lowest BCUT2D eigenvalue weighted by Crippen LogP contribution is -2.49. The summed E-state index contributed by atoms with van der Waals surface area (Å²) in [6, 6.07) is 5.04. The van der Waals surface area contributed by atoms with E-state index in [-0.39, 0.29) is 28.8 Å². The van der Waals surface area contributed by atoms with Crippen LogP contribution in [0.15, 0.2) is 37.2 Å². The Bertz CT molecular complexity index is 954. The quantitative estimate of drug-likeness (QED) is 0.524. The van der Waals surface area contributed by atoms with Crippen LogP contribution in [0.3, 0.4) is 0 Å². The average molecular weight is 431 g/mol. The maximum absolute atomic E-state index is 12.2. The number of nitrogens with zero attached hydrogens (tertiary/aromatic N) is 4. The number of carbonyl (C=O) groups excluding carboxylic acids is 2. The highest BCUT2D eigenvalue weighted by atomic mass is 35.5. The van der Waals surface area contributed by atoms with E-state index in [0.717, 1.165) is 5.56 Å². The second-order valence-corrected chi connectivity index (χ2v) is 7.12. The summed E-state index contributed by atoms with van der Waals surface area (Å²) in [6.07, 6.45) is 2.00. The van der Waals surface area contributed by atoms with E-state index in [2.05, 4.69) is 32.2 Å². The fraction of sp³-hybridized carbons (Fsp3) is 0.350. The Labute approximate surface area is 179 Å². The first-order chi connectivity index (χ1) is 14.4. The summed E-state index contributed by atoms with van der Waals surface area (Å²) in [5, 5.41) is 5.85. The highest BCUT2D eigenvalue weighted by Crippen LogP contribution is 2.29. The molecule has 2 aromatic heterocycles. The number of nitrogens with one attached hydrogen (secondary N) is 2. The number of rotatable bonds is 6. The van der Waals surface area contributed by atoms with Gasteiger partial charge in [-0.3, -0.25) is 9.59 Å². The monoisotopic (exact) mass is 430 g/mol. The van der Waals surface area contributed by atoms with Gasteiger partial charge in [0, 0.05) is 20.1 Å². The topological polar surface area (TPSA) is 109 Å². The lowest BCUT2D eigenvalue weighted by atomic mass is 10.0. The summed E-state index contributed by atoms with van der Waals surface area (Å²) in [5.41, 5.74) is 1.91. The van der Waals surface area contributed by atoms with Gasteiger partial charge in [0.1, 0.15) is 23.3 Å². The van der Waals surface area contributed by atoms with Gasteiger partial charge >= 0.3 is 0 Å². The molecule has 2 N–H and O–H groups in total. The van der Waals surface area contributed by atoms with Gasteiger partial charge in [0.15, 0.2) is 0 Å². The molecule has 158 valence electrons. The zero-order chi connectivity index (χ0) is 21.7. The summed E-state index contributed by atoms with van der Waals surface area (Å²) in [6.45, 7) is 4.99. The Morgan fingerprint density at radius 2 is 2.07 bits per heavy atom. The first kappa shape index (κ1) is 21.8. The lowest BCUT2D eigenvalue weighted by molar-refractivity contribution is -0.140. The van der Waals surface area contributed by atoms with E-state index in [0.29, 0.717) is 31.0 Å². The van der Waals surface area contributed by atoms with Crippen molar-refractivity contribution in [3.63, 3.8) is 0 Å². The molecule has 0 saturated carbocycles. The van der Waals surface area contributed by atoms with Crippen molar-refractivity contribution in [2.24, 2.45) is 0 Å². The van der Waals surface area contributed by atoms with E-state index >= 15 is 0 Å². The molecule has 1 saturated heterocycles.